The van der Waals surface area contributed by atoms with Crippen LogP contribution in [-0.4, -0.2) is 22.7 Å². The van der Waals surface area contributed by atoms with Crippen molar-refractivity contribution in [2.75, 3.05) is 6.54 Å². The highest BCUT2D eigenvalue weighted by atomic mass is 16.6. The molecule has 5 nitrogen and oxygen atoms in total. The number of rotatable bonds is 5. The van der Waals surface area contributed by atoms with E-state index >= 15 is 0 Å². The number of hydrogen-bond acceptors (Lipinski definition) is 4. The van der Waals surface area contributed by atoms with E-state index in [1.807, 2.05) is 0 Å². The van der Waals surface area contributed by atoms with Crippen LogP contribution in [0.15, 0.2) is 24.3 Å². The molecule has 0 aliphatic heterocycles. The number of hydrogen-bond donors (Lipinski definition) is 2. The monoisotopic (exact) mass is 224 g/mol. The molecule has 1 aromatic rings. The lowest BCUT2D eigenvalue weighted by Gasteiger charge is -2.16. The molecule has 0 aliphatic rings. The molecule has 88 valence electrons. The third kappa shape index (κ3) is 3.29. The average molecular weight is 224 g/mol. The SMILES string of the molecule is CC(O)CC(CN)c1cccc([N+](=O)[O-])c1. The molecule has 0 amide bonds. The summed E-state index contributed by atoms with van der Waals surface area (Å²) in [5.41, 5.74) is 6.46. The molecule has 0 saturated heterocycles. The van der Waals surface area contributed by atoms with Gasteiger partial charge < -0.3 is 10.8 Å². The van der Waals surface area contributed by atoms with E-state index in [1.165, 1.54) is 12.1 Å². The van der Waals surface area contributed by atoms with Gasteiger partial charge >= 0.3 is 0 Å². The lowest BCUT2D eigenvalue weighted by molar-refractivity contribution is -0.384. The molecule has 5 heteroatoms. The van der Waals surface area contributed by atoms with Gasteiger partial charge in [0.15, 0.2) is 0 Å². The van der Waals surface area contributed by atoms with E-state index in [2.05, 4.69) is 0 Å². The van der Waals surface area contributed by atoms with Crippen molar-refractivity contribution in [1.29, 1.82) is 0 Å². The smallest absolute Gasteiger partial charge is 0.269 e. The molecule has 16 heavy (non-hydrogen) atoms. The minimum atomic E-state index is -0.465. The molecular formula is C11H16N2O3. The quantitative estimate of drug-likeness (QED) is 0.584. The lowest BCUT2D eigenvalue weighted by atomic mass is 9.93. The molecule has 1 rings (SSSR count). The molecule has 1 aromatic carbocycles. The molecule has 3 N–H and O–H groups in total. The lowest BCUT2D eigenvalue weighted by Crippen LogP contribution is -2.17. The van der Waals surface area contributed by atoms with Crippen LogP contribution in [0, 0.1) is 10.1 Å². The first kappa shape index (κ1) is 12.6. The molecule has 0 bridgehead atoms. The van der Waals surface area contributed by atoms with Gasteiger partial charge in [-0.3, -0.25) is 10.1 Å². The van der Waals surface area contributed by atoms with Crippen molar-refractivity contribution in [1.82, 2.24) is 0 Å². The van der Waals surface area contributed by atoms with E-state index in [0.717, 1.165) is 5.56 Å². The van der Waals surface area contributed by atoms with Gasteiger partial charge in [-0.15, -0.1) is 0 Å². The summed E-state index contributed by atoms with van der Waals surface area (Å²) in [7, 11) is 0. The van der Waals surface area contributed by atoms with Crippen molar-refractivity contribution in [3.05, 3.63) is 39.9 Å². The predicted molar refractivity (Wildman–Crippen MR) is 61.2 cm³/mol. The van der Waals surface area contributed by atoms with Crippen molar-refractivity contribution in [2.24, 2.45) is 5.73 Å². The Labute approximate surface area is 94.0 Å². The van der Waals surface area contributed by atoms with E-state index < -0.39 is 11.0 Å². The maximum absolute atomic E-state index is 10.6. The zero-order valence-corrected chi connectivity index (χ0v) is 9.17. The Bertz CT molecular complexity index is 366. The van der Waals surface area contributed by atoms with Crippen LogP contribution >= 0.6 is 0 Å². The molecule has 0 heterocycles. The molecule has 2 atom stereocenters. The van der Waals surface area contributed by atoms with Crippen LogP contribution in [0.2, 0.25) is 0 Å². The Morgan fingerprint density at radius 2 is 2.25 bits per heavy atom. The first-order valence-electron chi connectivity index (χ1n) is 5.17. The topological polar surface area (TPSA) is 89.4 Å². The fourth-order valence-electron chi connectivity index (χ4n) is 1.67. The molecule has 0 saturated carbocycles. The first-order chi connectivity index (χ1) is 7.54. The number of benzene rings is 1. The number of aliphatic hydroxyl groups excluding tert-OH is 1. The van der Waals surface area contributed by atoms with Gasteiger partial charge in [0.2, 0.25) is 0 Å². The minimum Gasteiger partial charge on any atom is -0.393 e. The molecule has 2 unspecified atom stereocenters. The highest BCUT2D eigenvalue weighted by molar-refractivity contribution is 5.36. The zero-order valence-electron chi connectivity index (χ0n) is 9.17. The van der Waals surface area contributed by atoms with E-state index in [9.17, 15) is 15.2 Å². The molecular weight excluding hydrogens is 208 g/mol. The molecule has 0 spiro atoms. The van der Waals surface area contributed by atoms with Gasteiger partial charge in [-0.2, -0.15) is 0 Å². The zero-order chi connectivity index (χ0) is 12.1. The minimum absolute atomic E-state index is 0.0418. The highest BCUT2D eigenvalue weighted by Crippen LogP contribution is 2.23. The number of nitro benzene ring substituents is 1. The Hall–Kier alpha value is -1.46. The van der Waals surface area contributed by atoms with Crippen LogP contribution in [0.4, 0.5) is 5.69 Å². The van der Waals surface area contributed by atoms with E-state index in [1.54, 1.807) is 19.1 Å². The third-order valence-electron chi connectivity index (χ3n) is 2.46. The summed E-state index contributed by atoms with van der Waals surface area (Å²) >= 11 is 0. The van der Waals surface area contributed by atoms with Gasteiger partial charge in [0.25, 0.3) is 5.69 Å². The summed E-state index contributed by atoms with van der Waals surface area (Å²) in [6.07, 6.45) is 0.0466. The summed E-state index contributed by atoms with van der Waals surface area (Å²) in [6, 6.07) is 6.39. The Morgan fingerprint density at radius 1 is 1.56 bits per heavy atom. The summed E-state index contributed by atoms with van der Waals surface area (Å²) in [4.78, 5) is 10.2. The number of non-ortho nitro benzene ring substituents is 1. The number of nitro groups is 1. The van der Waals surface area contributed by atoms with E-state index in [0.29, 0.717) is 13.0 Å². The second-order valence-corrected chi connectivity index (χ2v) is 3.87. The molecule has 0 radical (unpaired) electrons. The van der Waals surface area contributed by atoms with Gasteiger partial charge in [-0.05, 0) is 31.4 Å². The van der Waals surface area contributed by atoms with Gasteiger partial charge in [0, 0.05) is 12.1 Å². The fraction of sp³-hybridized carbons (Fsp3) is 0.455. The summed E-state index contributed by atoms with van der Waals surface area (Å²) in [6.45, 7) is 2.05. The second-order valence-electron chi connectivity index (χ2n) is 3.87. The van der Waals surface area contributed by atoms with Crippen molar-refractivity contribution in [3.63, 3.8) is 0 Å². The van der Waals surface area contributed by atoms with Crippen LogP contribution in [-0.2, 0) is 0 Å². The summed E-state index contributed by atoms with van der Waals surface area (Å²) < 4.78 is 0. The average Bonchev–Trinajstić information content (AvgIpc) is 2.25. The van der Waals surface area contributed by atoms with Crippen LogP contribution in [0.25, 0.3) is 0 Å². The Balaban J connectivity index is 2.92. The number of nitrogens with two attached hydrogens (primary N) is 1. The third-order valence-corrected chi connectivity index (χ3v) is 2.46. The van der Waals surface area contributed by atoms with Crippen LogP contribution in [0.5, 0.6) is 0 Å². The number of aliphatic hydroxyl groups is 1. The van der Waals surface area contributed by atoms with Crippen LogP contribution < -0.4 is 5.73 Å². The normalized spacial score (nSPS) is 14.4. The number of nitrogens with zero attached hydrogens (tertiary/aromatic N) is 1. The van der Waals surface area contributed by atoms with Crippen molar-refractivity contribution in [3.8, 4) is 0 Å². The van der Waals surface area contributed by atoms with Crippen LogP contribution in [0.3, 0.4) is 0 Å². The van der Waals surface area contributed by atoms with Gasteiger partial charge in [0.05, 0.1) is 11.0 Å². The van der Waals surface area contributed by atoms with Gasteiger partial charge in [0.1, 0.15) is 0 Å². The van der Waals surface area contributed by atoms with Gasteiger partial charge in [-0.1, -0.05) is 12.1 Å². The highest BCUT2D eigenvalue weighted by Gasteiger charge is 2.15. The Kier molecular flexibility index (Phi) is 4.39. The predicted octanol–water partition coefficient (Wildman–Crippen LogP) is 1.41. The van der Waals surface area contributed by atoms with Crippen molar-refractivity contribution >= 4 is 5.69 Å². The Morgan fingerprint density at radius 3 is 2.75 bits per heavy atom. The summed E-state index contributed by atoms with van der Waals surface area (Å²) in [5.74, 6) is -0.0418. The maximum Gasteiger partial charge on any atom is 0.269 e. The van der Waals surface area contributed by atoms with E-state index in [-0.39, 0.29) is 11.6 Å². The molecule has 0 aliphatic carbocycles. The molecule has 0 fully saturated rings. The summed E-state index contributed by atoms with van der Waals surface area (Å²) in [5, 5.41) is 19.9. The van der Waals surface area contributed by atoms with Crippen molar-refractivity contribution < 1.29 is 10.0 Å². The van der Waals surface area contributed by atoms with Gasteiger partial charge in [-0.25, -0.2) is 0 Å². The van der Waals surface area contributed by atoms with E-state index in [4.69, 9.17) is 5.73 Å². The fourth-order valence-corrected chi connectivity index (χ4v) is 1.67. The standard InChI is InChI=1S/C11H16N2O3/c1-8(14)5-10(7-12)9-3-2-4-11(6-9)13(15)16/h2-4,6,8,10,14H,5,7,12H2,1H3. The second kappa shape index (κ2) is 5.58. The first-order valence-corrected chi connectivity index (χ1v) is 5.17. The molecule has 0 aromatic heterocycles. The maximum atomic E-state index is 10.6. The van der Waals surface area contributed by atoms with Crippen molar-refractivity contribution in [2.45, 2.75) is 25.4 Å². The van der Waals surface area contributed by atoms with Crippen LogP contribution in [0.1, 0.15) is 24.8 Å². The largest absolute Gasteiger partial charge is 0.393 e.